The zero-order valence-corrected chi connectivity index (χ0v) is 12.3. The Morgan fingerprint density at radius 3 is 2.20 bits per heavy atom. The normalized spacial score (nSPS) is 10.6. The number of para-hydroxylation sites is 1. The third-order valence-electron chi connectivity index (χ3n) is 3.41. The predicted octanol–water partition coefficient (Wildman–Crippen LogP) is 4.30. The summed E-state index contributed by atoms with van der Waals surface area (Å²) in [6, 6.07) is 18.5. The molecule has 2 nitrogen and oxygen atoms in total. The van der Waals surface area contributed by atoms with Crippen molar-refractivity contribution in [3.05, 3.63) is 65.7 Å². The van der Waals surface area contributed by atoms with Gasteiger partial charge in [0, 0.05) is 23.8 Å². The van der Waals surface area contributed by atoms with Crippen molar-refractivity contribution in [3.8, 4) is 0 Å². The topological polar surface area (TPSA) is 20.3 Å². The highest BCUT2D eigenvalue weighted by Crippen LogP contribution is 2.25. The molecule has 0 saturated heterocycles. The number of hydrogen-bond donors (Lipinski definition) is 0. The minimum absolute atomic E-state index is 0.110. The molecule has 0 saturated carbocycles. The standard InChI is InChI=1S/C18H21NO/c1-14(2)19(13-16-9-5-4-6-10-16)18-12-8-7-11-17(18)15(3)20/h4-12,14H,13H2,1-3H3. The summed E-state index contributed by atoms with van der Waals surface area (Å²) in [5.41, 5.74) is 3.05. The first-order valence-electron chi connectivity index (χ1n) is 7.00. The lowest BCUT2D eigenvalue weighted by atomic mass is 10.1. The Bertz CT molecular complexity index is 575. The van der Waals surface area contributed by atoms with E-state index in [4.69, 9.17) is 0 Å². The third-order valence-corrected chi connectivity index (χ3v) is 3.41. The number of anilines is 1. The maximum Gasteiger partial charge on any atom is 0.161 e. The van der Waals surface area contributed by atoms with Crippen molar-refractivity contribution in [2.75, 3.05) is 4.90 Å². The van der Waals surface area contributed by atoms with Crippen molar-refractivity contribution in [2.45, 2.75) is 33.4 Å². The highest BCUT2D eigenvalue weighted by Gasteiger charge is 2.16. The van der Waals surface area contributed by atoms with Crippen molar-refractivity contribution < 1.29 is 4.79 Å². The molecule has 0 aromatic heterocycles. The molecule has 0 heterocycles. The van der Waals surface area contributed by atoms with Crippen molar-refractivity contribution in [2.24, 2.45) is 0 Å². The summed E-state index contributed by atoms with van der Waals surface area (Å²) in [7, 11) is 0. The van der Waals surface area contributed by atoms with E-state index in [2.05, 4.69) is 30.9 Å². The maximum absolute atomic E-state index is 11.8. The van der Waals surface area contributed by atoms with E-state index in [0.29, 0.717) is 6.04 Å². The summed E-state index contributed by atoms with van der Waals surface area (Å²) in [4.78, 5) is 14.1. The molecule has 0 aliphatic carbocycles. The summed E-state index contributed by atoms with van der Waals surface area (Å²) in [5, 5.41) is 0. The van der Waals surface area contributed by atoms with Crippen LogP contribution >= 0.6 is 0 Å². The van der Waals surface area contributed by atoms with Gasteiger partial charge in [0.2, 0.25) is 0 Å². The monoisotopic (exact) mass is 267 g/mol. The van der Waals surface area contributed by atoms with Gasteiger partial charge < -0.3 is 4.90 Å². The van der Waals surface area contributed by atoms with Crippen molar-refractivity contribution in [1.29, 1.82) is 0 Å². The molecule has 2 aromatic rings. The molecule has 0 radical (unpaired) electrons. The lowest BCUT2D eigenvalue weighted by Gasteiger charge is -2.30. The Hall–Kier alpha value is -2.09. The van der Waals surface area contributed by atoms with Crippen molar-refractivity contribution in [1.82, 2.24) is 0 Å². The fourth-order valence-corrected chi connectivity index (χ4v) is 2.35. The largest absolute Gasteiger partial charge is 0.364 e. The molecule has 0 spiro atoms. The molecule has 2 heteroatoms. The van der Waals surface area contributed by atoms with E-state index < -0.39 is 0 Å². The van der Waals surface area contributed by atoms with E-state index in [1.165, 1.54) is 5.56 Å². The molecule has 0 unspecified atom stereocenters. The molecule has 0 aliphatic rings. The van der Waals surface area contributed by atoms with Crippen LogP contribution in [0.4, 0.5) is 5.69 Å². The van der Waals surface area contributed by atoms with Crippen LogP contribution in [0.2, 0.25) is 0 Å². The minimum Gasteiger partial charge on any atom is -0.364 e. The molecule has 2 rings (SSSR count). The van der Waals surface area contributed by atoms with Gasteiger partial charge in [-0.2, -0.15) is 0 Å². The second-order valence-corrected chi connectivity index (χ2v) is 5.28. The minimum atomic E-state index is 0.110. The van der Waals surface area contributed by atoms with Gasteiger partial charge in [-0.25, -0.2) is 0 Å². The zero-order chi connectivity index (χ0) is 14.5. The van der Waals surface area contributed by atoms with Gasteiger partial charge in [-0.05, 0) is 38.5 Å². The Morgan fingerprint density at radius 2 is 1.60 bits per heavy atom. The van der Waals surface area contributed by atoms with Crippen LogP contribution in [0.15, 0.2) is 54.6 Å². The summed E-state index contributed by atoms with van der Waals surface area (Å²) < 4.78 is 0. The van der Waals surface area contributed by atoms with E-state index >= 15 is 0 Å². The zero-order valence-electron chi connectivity index (χ0n) is 12.3. The highest BCUT2D eigenvalue weighted by molar-refractivity contribution is 5.99. The average Bonchev–Trinajstić information content (AvgIpc) is 2.45. The fraction of sp³-hybridized carbons (Fsp3) is 0.278. The van der Waals surface area contributed by atoms with E-state index in [1.54, 1.807) is 6.92 Å². The van der Waals surface area contributed by atoms with Gasteiger partial charge in [0.05, 0.1) is 0 Å². The Labute approximate surface area is 121 Å². The molecule has 2 aromatic carbocycles. The molecule has 0 aliphatic heterocycles. The van der Waals surface area contributed by atoms with Gasteiger partial charge in [0.1, 0.15) is 0 Å². The third kappa shape index (κ3) is 3.27. The van der Waals surface area contributed by atoms with Crippen LogP contribution < -0.4 is 4.90 Å². The van der Waals surface area contributed by atoms with Crippen molar-refractivity contribution >= 4 is 11.5 Å². The molecule has 20 heavy (non-hydrogen) atoms. The van der Waals surface area contributed by atoms with E-state index in [-0.39, 0.29) is 5.78 Å². The van der Waals surface area contributed by atoms with Gasteiger partial charge >= 0.3 is 0 Å². The Balaban J connectivity index is 2.37. The summed E-state index contributed by atoms with van der Waals surface area (Å²) >= 11 is 0. The quantitative estimate of drug-likeness (QED) is 0.753. The van der Waals surface area contributed by atoms with Crippen LogP contribution in [-0.4, -0.2) is 11.8 Å². The number of carbonyl (C=O) groups excluding carboxylic acids is 1. The second-order valence-electron chi connectivity index (χ2n) is 5.28. The molecule has 0 N–H and O–H groups in total. The average molecular weight is 267 g/mol. The van der Waals surface area contributed by atoms with Gasteiger partial charge in [0.25, 0.3) is 0 Å². The predicted molar refractivity (Wildman–Crippen MR) is 84.2 cm³/mol. The summed E-state index contributed by atoms with van der Waals surface area (Å²) in [5.74, 6) is 0.110. The number of hydrogen-bond acceptors (Lipinski definition) is 2. The number of Topliss-reactive ketones (excluding diaryl/α,β-unsaturated/α-hetero) is 1. The lowest BCUT2D eigenvalue weighted by Crippen LogP contribution is -2.31. The van der Waals surface area contributed by atoms with E-state index in [1.807, 2.05) is 42.5 Å². The molecule has 0 amide bonds. The lowest BCUT2D eigenvalue weighted by molar-refractivity contribution is 0.101. The van der Waals surface area contributed by atoms with Crippen LogP contribution in [0.1, 0.15) is 36.7 Å². The molecule has 104 valence electrons. The van der Waals surface area contributed by atoms with Crippen LogP contribution in [0.5, 0.6) is 0 Å². The highest BCUT2D eigenvalue weighted by atomic mass is 16.1. The fourth-order valence-electron chi connectivity index (χ4n) is 2.35. The summed E-state index contributed by atoms with van der Waals surface area (Å²) in [6.07, 6.45) is 0. The first kappa shape index (κ1) is 14.3. The first-order chi connectivity index (χ1) is 9.59. The van der Waals surface area contributed by atoms with Gasteiger partial charge in [0.15, 0.2) is 5.78 Å². The van der Waals surface area contributed by atoms with E-state index in [0.717, 1.165) is 17.8 Å². The Morgan fingerprint density at radius 1 is 1.00 bits per heavy atom. The molecular formula is C18H21NO. The smallest absolute Gasteiger partial charge is 0.161 e. The summed E-state index contributed by atoms with van der Waals surface area (Å²) in [6.45, 7) is 6.74. The molecule has 0 bridgehead atoms. The molecule has 0 fully saturated rings. The number of rotatable bonds is 5. The van der Waals surface area contributed by atoms with Gasteiger partial charge in [-0.15, -0.1) is 0 Å². The first-order valence-corrected chi connectivity index (χ1v) is 7.00. The number of nitrogens with zero attached hydrogens (tertiary/aromatic N) is 1. The molecule has 0 atom stereocenters. The van der Waals surface area contributed by atoms with Gasteiger partial charge in [-0.1, -0.05) is 42.5 Å². The second kappa shape index (κ2) is 6.38. The van der Waals surface area contributed by atoms with Crippen LogP contribution in [-0.2, 0) is 6.54 Å². The number of benzene rings is 2. The SMILES string of the molecule is CC(=O)c1ccccc1N(Cc1ccccc1)C(C)C. The van der Waals surface area contributed by atoms with Crippen LogP contribution in [0, 0.1) is 0 Å². The number of carbonyl (C=O) groups is 1. The van der Waals surface area contributed by atoms with Crippen molar-refractivity contribution in [3.63, 3.8) is 0 Å². The maximum atomic E-state index is 11.8. The van der Waals surface area contributed by atoms with E-state index in [9.17, 15) is 4.79 Å². The number of ketones is 1. The Kier molecular flexibility index (Phi) is 4.57. The molecular weight excluding hydrogens is 246 g/mol. The van der Waals surface area contributed by atoms with Crippen LogP contribution in [0.25, 0.3) is 0 Å². The van der Waals surface area contributed by atoms with Crippen LogP contribution in [0.3, 0.4) is 0 Å². The van der Waals surface area contributed by atoms with Gasteiger partial charge in [-0.3, -0.25) is 4.79 Å².